The van der Waals surface area contributed by atoms with Crippen molar-refractivity contribution < 1.29 is 31.9 Å². The summed E-state index contributed by atoms with van der Waals surface area (Å²) < 4.78 is 57.0. The summed E-state index contributed by atoms with van der Waals surface area (Å²) in [4.78, 5) is 34.7. The maximum atomic E-state index is 14.8. The maximum Gasteiger partial charge on any atom is 0.573 e. The van der Waals surface area contributed by atoms with Crippen LogP contribution in [0, 0.1) is 5.82 Å². The Kier molecular flexibility index (Phi) is 8.38. The highest BCUT2D eigenvalue weighted by molar-refractivity contribution is 8.15. The van der Waals surface area contributed by atoms with Crippen molar-refractivity contribution in [3.05, 3.63) is 66.0 Å². The molecule has 0 atom stereocenters. The fraction of sp³-hybridized carbons (Fsp3) is 0.296. The van der Waals surface area contributed by atoms with Gasteiger partial charge in [-0.3, -0.25) is 9.69 Å². The molecular weight excluding hydrogens is 564 g/mol. The van der Waals surface area contributed by atoms with E-state index >= 15 is 0 Å². The number of carbonyl (C=O) groups excluding carboxylic acids is 2. The molecule has 0 radical (unpaired) electrons. The van der Waals surface area contributed by atoms with Crippen LogP contribution in [0.5, 0.6) is 5.75 Å². The lowest BCUT2D eigenvalue weighted by molar-refractivity contribution is -0.274. The van der Waals surface area contributed by atoms with Crippen LogP contribution in [-0.2, 0) is 4.79 Å². The summed E-state index contributed by atoms with van der Waals surface area (Å²) in [6.45, 7) is 0. The number of amidine groups is 1. The number of carbonyl (C=O) groups is 2. The molecular formula is C27H24F4N6O3S. The third-order valence-electron chi connectivity index (χ3n) is 6.44. The fourth-order valence-electron chi connectivity index (χ4n) is 4.57. The average molecular weight is 589 g/mol. The van der Waals surface area contributed by atoms with Crippen LogP contribution in [0.15, 0.2) is 53.8 Å². The third kappa shape index (κ3) is 7.31. The molecule has 2 heterocycles. The van der Waals surface area contributed by atoms with E-state index in [2.05, 4.69) is 25.1 Å². The molecule has 1 saturated heterocycles. The van der Waals surface area contributed by atoms with Crippen LogP contribution in [0.2, 0.25) is 0 Å². The van der Waals surface area contributed by atoms with Gasteiger partial charge in [0.15, 0.2) is 11.0 Å². The average Bonchev–Trinajstić information content (AvgIpc) is 3.55. The van der Waals surface area contributed by atoms with Gasteiger partial charge in [0.25, 0.3) is 0 Å². The van der Waals surface area contributed by atoms with Gasteiger partial charge in [-0.2, -0.15) is 4.99 Å². The first kappa shape index (κ1) is 28.3. The second-order valence-corrected chi connectivity index (χ2v) is 10.3. The minimum absolute atomic E-state index is 0.0416. The van der Waals surface area contributed by atoms with Crippen molar-refractivity contribution in [2.45, 2.75) is 44.5 Å². The smallest absolute Gasteiger partial charge is 0.406 e. The van der Waals surface area contributed by atoms with Gasteiger partial charge in [-0.25, -0.2) is 18.9 Å². The highest BCUT2D eigenvalue weighted by Crippen LogP contribution is 2.30. The Balaban J connectivity index is 1.20. The largest absolute Gasteiger partial charge is 0.573 e. The lowest BCUT2D eigenvalue weighted by Crippen LogP contribution is -2.41. The molecule has 2 aliphatic rings. The van der Waals surface area contributed by atoms with E-state index in [1.807, 2.05) is 0 Å². The summed E-state index contributed by atoms with van der Waals surface area (Å²) >= 11 is 1.21. The normalized spacial score (nSPS) is 17.5. The van der Waals surface area contributed by atoms with Crippen molar-refractivity contribution in [1.82, 2.24) is 19.7 Å². The summed E-state index contributed by atoms with van der Waals surface area (Å²) in [6.07, 6.45) is 4.64. The minimum atomic E-state index is -4.78. The number of aliphatic imine (C=N–C) groups is 1. The van der Waals surface area contributed by atoms with Crippen molar-refractivity contribution in [3.8, 4) is 11.4 Å². The molecule has 14 heteroatoms. The number of rotatable bonds is 6. The molecule has 0 spiro atoms. The Morgan fingerprint density at radius 1 is 1.10 bits per heavy atom. The molecule has 0 bridgehead atoms. The number of nitrogens with one attached hydrogen (secondary N) is 1. The summed E-state index contributed by atoms with van der Waals surface area (Å²) in [6, 6.07) is 8.59. The van der Waals surface area contributed by atoms with Crippen molar-refractivity contribution in [1.29, 1.82) is 0 Å². The molecule has 3 aromatic rings. The zero-order chi connectivity index (χ0) is 29.0. The van der Waals surface area contributed by atoms with E-state index in [4.69, 9.17) is 0 Å². The first-order valence-corrected chi connectivity index (χ1v) is 13.7. The van der Waals surface area contributed by atoms with Crippen molar-refractivity contribution >= 4 is 46.7 Å². The van der Waals surface area contributed by atoms with Gasteiger partial charge in [-0.15, -0.1) is 18.3 Å². The summed E-state index contributed by atoms with van der Waals surface area (Å²) in [5.74, 6) is -0.595. The van der Waals surface area contributed by atoms with Crippen LogP contribution in [-0.4, -0.2) is 54.9 Å². The van der Waals surface area contributed by atoms with Crippen LogP contribution in [0.1, 0.15) is 43.5 Å². The lowest BCUT2D eigenvalue weighted by atomic mass is 9.94. The zero-order valence-corrected chi connectivity index (χ0v) is 22.3. The topological polar surface area (TPSA) is 102 Å². The zero-order valence-electron chi connectivity index (χ0n) is 21.5. The van der Waals surface area contributed by atoms with Crippen molar-refractivity contribution in [2.75, 3.05) is 11.1 Å². The van der Waals surface area contributed by atoms with E-state index in [9.17, 15) is 27.2 Å². The number of benzene rings is 2. The van der Waals surface area contributed by atoms with E-state index in [0.717, 1.165) is 44.2 Å². The van der Waals surface area contributed by atoms with E-state index in [1.54, 1.807) is 17.0 Å². The monoisotopic (exact) mass is 588 g/mol. The van der Waals surface area contributed by atoms with Crippen LogP contribution < -0.4 is 10.1 Å². The van der Waals surface area contributed by atoms with E-state index in [0.29, 0.717) is 16.4 Å². The SMILES string of the molecule is O=C(N=C1SCC(=O)N1C1CCCCC1)Nc1ccc(C=Cc2ncn(-c3ccc(OC(F)(F)F)cc3)n2)cc1F. The van der Waals surface area contributed by atoms with Crippen LogP contribution in [0.25, 0.3) is 17.8 Å². The molecule has 1 aromatic heterocycles. The summed E-state index contributed by atoms with van der Waals surface area (Å²) in [7, 11) is 0. The molecule has 1 aliphatic heterocycles. The number of hydrogen-bond acceptors (Lipinski definition) is 6. The predicted molar refractivity (Wildman–Crippen MR) is 146 cm³/mol. The number of nitrogens with zero attached hydrogens (tertiary/aromatic N) is 5. The highest BCUT2D eigenvalue weighted by atomic mass is 32.2. The Labute approximate surface area is 236 Å². The molecule has 2 fully saturated rings. The van der Waals surface area contributed by atoms with Crippen molar-refractivity contribution in [2.24, 2.45) is 4.99 Å². The van der Waals surface area contributed by atoms with E-state index in [-0.39, 0.29) is 35.0 Å². The van der Waals surface area contributed by atoms with Gasteiger partial charge in [0.2, 0.25) is 5.91 Å². The number of urea groups is 1. The van der Waals surface area contributed by atoms with E-state index in [1.165, 1.54) is 53.1 Å². The number of ether oxygens (including phenoxy) is 1. The number of alkyl halides is 3. The third-order valence-corrected chi connectivity index (χ3v) is 7.38. The highest BCUT2D eigenvalue weighted by Gasteiger charge is 2.35. The number of thioether (sulfide) groups is 1. The summed E-state index contributed by atoms with van der Waals surface area (Å²) in [5.41, 5.74) is 0.872. The number of amides is 3. The van der Waals surface area contributed by atoms with Crippen LogP contribution >= 0.6 is 11.8 Å². The van der Waals surface area contributed by atoms with Crippen LogP contribution in [0.4, 0.5) is 28.0 Å². The van der Waals surface area contributed by atoms with E-state index < -0.39 is 18.2 Å². The van der Waals surface area contributed by atoms with Crippen LogP contribution in [0.3, 0.4) is 0 Å². The lowest BCUT2D eigenvalue weighted by Gasteiger charge is -2.30. The van der Waals surface area contributed by atoms with Gasteiger partial charge in [0, 0.05) is 6.04 Å². The fourth-order valence-corrected chi connectivity index (χ4v) is 5.50. The molecule has 0 unspecified atom stereocenters. The maximum absolute atomic E-state index is 14.8. The number of aromatic nitrogens is 3. The van der Waals surface area contributed by atoms with Crippen molar-refractivity contribution in [3.63, 3.8) is 0 Å². The molecule has 9 nitrogen and oxygen atoms in total. The Morgan fingerprint density at radius 2 is 1.85 bits per heavy atom. The van der Waals surface area contributed by atoms with Gasteiger partial charge >= 0.3 is 12.4 Å². The molecule has 214 valence electrons. The van der Waals surface area contributed by atoms with Gasteiger partial charge in [0.05, 0.1) is 17.1 Å². The van der Waals surface area contributed by atoms with Gasteiger partial charge in [-0.05, 0) is 60.9 Å². The first-order valence-electron chi connectivity index (χ1n) is 12.7. The van der Waals surface area contributed by atoms with Gasteiger partial charge in [-0.1, -0.05) is 43.2 Å². The second-order valence-electron chi connectivity index (χ2n) is 9.33. The molecule has 2 aromatic carbocycles. The Morgan fingerprint density at radius 3 is 2.56 bits per heavy atom. The predicted octanol–water partition coefficient (Wildman–Crippen LogP) is 6.27. The molecule has 41 heavy (non-hydrogen) atoms. The first-order chi connectivity index (χ1) is 19.6. The molecule has 3 amide bonds. The minimum Gasteiger partial charge on any atom is -0.406 e. The molecule has 1 saturated carbocycles. The number of halogens is 4. The number of hydrogen-bond donors (Lipinski definition) is 1. The Hall–Kier alpha value is -4.20. The molecule has 1 aliphatic carbocycles. The molecule has 5 rings (SSSR count). The quantitative estimate of drug-likeness (QED) is 0.341. The molecule has 1 N–H and O–H groups in total. The van der Waals surface area contributed by atoms with Gasteiger partial charge < -0.3 is 10.1 Å². The summed E-state index contributed by atoms with van der Waals surface area (Å²) in [5, 5.41) is 7.02. The number of anilines is 1. The standard InChI is InChI=1S/C27H24F4N6O3S/c28-21-14-17(7-13-23-32-16-36(35-23)18-8-10-20(11-9-18)40-27(29,30)31)6-12-22(21)33-25(39)34-26-37(24(38)15-41-26)19-4-2-1-3-5-19/h6-14,16,19H,1-5,15H2,(H,33,39). The second kappa shape index (κ2) is 12.1. The Bertz CT molecular complexity index is 1480. The van der Waals surface area contributed by atoms with Gasteiger partial charge in [0.1, 0.15) is 17.9 Å².